The third-order valence-electron chi connectivity index (χ3n) is 3.00. The minimum absolute atomic E-state index is 0.0609. The molecule has 1 heterocycles. The maximum atomic E-state index is 13.4. The summed E-state index contributed by atoms with van der Waals surface area (Å²) in [6, 6.07) is 6.23. The molecule has 0 atom stereocenters. The molecule has 0 fully saturated rings. The van der Waals surface area contributed by atoms with Crippen LogP contribution in [0.5, 0.6) is 0 Å². The number of hydrogen-bond acceptors (Lipinski definition) is 1. The second kappa shape index (κ2) is 5.47. The number of aromatic nitrogens is 1. The van der Waals surface area contributed by atoms with Crippen molar-refractivity contribution in [3.05, 3.63) is 51.5 Å². The Morgan fingerprint density at radius 2 is 2.05 bits per heavy atom. The Morgan fingerprint density at radius 1 is 1.37 bits per heavy atom. The smallest absolute Gasteiger partial charge is 0.179 e. The second-order valence-corrected chi connectivity index (χ2v) is 5.39. The van der Waals surface area contributed by atoms with Crippen LogP contribution in [-0.2, 0) is 0 Å². The zero-order chi connectivity index (χ0) is 14.2. The molecule has 0 saturated carbocycles. The number of hydrogen-bond donors (Lipinski definition) is 0. The summed E-state index contributed by atoms with van der Waals surface area (Å²) in [4.78, 5) is 11.8. The van der Waals surface area contributed by atoms with Crippen molar-refractivity contribution in [2.75, 3.05) is 5.88 Å². The van der Waals surface area contributed by atoms with E-state index in [9.17, 15) is 9.18 Å². The van der Waals surface area contributed by atoms with Gasteiger partial charge in [-0.3, -0.25) is 4.79 Å². The maximum absolute atomic E-state index is 13.4. The van der Waals surface area contributed by atoms with E-state index in [2.05, 4.69) is 15.9 Å². The number of carbonyl (C=O) groups excluding carboxylic acids is 1. The van der Waals surface area contributed by atoms with Crippen LogP contribution < -0.4 is 0 Å². The van der Waals surface area contributed by atoms with Gasteiger partial charge >= 0.3 is 0 Å². The molecule has 0 unspecified atom stereocenters. The van der Waals surface area contributed by atoms with E-state index in [1.165, 1.54) is 12.1 Å². The van der Waals surface area contributed by atoms with Gasteiger partial charge in [0.05, 0.1) is 11.6 Å². The standard InChI is InChI=1S/C14H12BrClFNO/c1-8-5-11(14(19)7-16)9(2)18(8)13-6-10(17)3-4-12(13)15/h3-6H,7H2,1-2H3. The van der Waals surface area contributed by atoms with E-state index >= 15 is 0 Å². The lowest BCUT2D eigenvalue weighted by Gasteiger charge is -2.12. The van der Waals surface area contributed by atoms with E-state index in [4.69, 9.17) is 11.6 Å². The fraction of sp³-hybridized carbons (Fsp3) is 0.214. The lowest BCUT2D eigenvalue weighted by molar-refractivity contribution is 0.102. The fourth-order valence-corrected chi connectivity index (χ4v) is 2.71. The Balaban J connectivity index is 2.66. The van der Waals surface area contributed by atoms with Crippen LogP contribution in [-0.4, -0.2) is 16.2 Å². The van der Waals surface area contributed by atoms with E-state index in [1.807, 2.05) is 18.4 Å². The molecule has 0 aliphatic carbocycles. The zero-order valence-corrected chi connectivity index (χ0v) is 12.8. The Hall–Kier alpha value is -1.13. The summed E-state index contributed by atoms with van der Waals surface area (Å²) in [6.07, 6.45) is 0. The molecule has 0 spiro atoms. The summed E-state index contributed by atoms with van der Waals surface area (Å²) >= 11 is 8.99. The first-order valence-corrected chi connectivity index (χ1v) is 7.02. The summed E-state index contributed by atoms with van der Waals surface area (Å²) in [6.45, 7) is 3.69. The van der Waals surface area contributed by atoms with Crippen molar-refractivity contribution in [3.8, 4) is 5.69 Å². The van der Waals surface area contributed by atoms with E-state index < -0.39 is 0 Å². The number of alkyl halides is 1. The van der Waals surface area contributed by atoms with E-state index in [-0.39, 0.29) is 17.5 Å². The third-order valence-corrected chi connectivity index (χ3v) is 3.92. The van der Waals surface area contributed by atoms with Gasteiger partial charge in [-0.25, -0.2) is 4.39 Å². The number of benzene rings is 1. The fourth-order valence-electron chi connectivity index (χ4n) is 2.14. The van der Waals surface area contributed by atoms with E-state index in [0.717, 1.165) is 15.9 Å². The van der Waals surface area contributed by atoms with Gasteiger partial charge in [-0.05, 0) is 54.0 Å². The predicted molar refractivity (Wildman–Crippen MR) is 78.0 cm³/mol. The molecule has 0 aliphatic heterocycles. The maximum Gasteiger partial charge on any atom is 0.179 e. The highest BCUT2D eigenvalue weighted by Crippen LogP contribution is 2.27. The minimum Gasteiger partial charge on any atom is -0.317 e. The van der Waals surface area contributed by atoms with Gasteiger partial charge in [-0.15, -0.1) is 11.6 Å². The topological polar surface area (TPSA) is 22.0 Å². The number of rotatable bonds is 3. The van der Waals surface area contributed by atoms with Gasteiger partial charge in [-0.2, -0.15) is 0 Å². The highest BCUT2D eigenvalue weighted by atomic mass is 79.9. The number of ketones is 1. The molecule has 0 amide bonds. The first kappa shape index (κ1) is 14.3. The third kappa shape index (κ3) is 2.60. The predicted octanol–water partition coefficient (Wildman–Crippen LogP) is 4.42. The molecule has 0 saturated heterocycles. The Morgan fingerprint density at radius 3 is 2.68 bits per heavy atom. The SMILES string of the molecule is Cc1cc(C(=O)CCl)c(C)n1-c1cc(F)ccc1Br. The van der Waals surface area contributed by atoms with Gasteiger partial charge in [0.25, 0.3) is 0 Å². The average Bonchev–Trinajstić information content (AvgIpc) is 2.67. The van der Waals surface area contributed by atoms with Crippen molar-refractivity contribution in [3.63, 3.8) is 0 Å². The summed E-state index contributed by atoms with van der Waals surface area (Å²) in [5, 5.41) is 0. The Bertz CT molecular complexity index is 651. The molecule has 100 valence electrons. The summed E-state index contributed by atoms with van der Waals surface area (Å²) in [5.74, 6) is -0.515. The molecule has 0 radical (unpaired) electrons. The Labute approximate surface area is 124 Å². The van der Waals surface area contributed by atoms with Crippen molar-refractivity contribution in [1.82, 2.24) is 4.57 Å². The van der Waals surface area contributed by atoms with Crippen LogP contribution in [0.15, 0.2) is 28.7 Å². The molecule has 2 rings (SSSR count). The monoisotopic (exact) mass is 343 g/mol. The van der Waals surface area contributed by atoms with Gasteiger partial charge in [0.2, 0.25) is 0 Å². The van der Waals surface area contributed by atoms with Crippen LogP contribution in [0.2, 0.25) is 0 Å². The van der Waals surface area contributed by atoms with E-state index in [0.29, 0.717) is 11.3 Å². The largest absolute Gasteiger partial charge is 0.317 e. The lowest BCUT2D eigenvalue weighted by atomic mass is 10.2. The molecule has 5 heteroatoms. The highest BCUT2D eigenvalue weighted by molar-refractivity contribution is 9.10. The molecule has 1 aromatic carbocycles. The first-order valence-electron chi connectivity index (χ1n) is 5.69. The number of nitrogens with zero attached hydrogens (tertiary/aromatic N) is 1. The molecule has 1 aromatic heterocycles. The van der Waals surface area contributed by atoms with Gasteiger partial charge < -0.3 is 4.57 Å². The van der Waals surface area contributed by atoms with Crippen molar-refractivity contribution in [2.24, 2.45) is 0 Å². The van der Waals surface area contributed by atoms with Crippen molar-refractivity contribution < 1.29 is 9.18 Å². The number of aryl methyl sites for hydroxylation is 1. The summed E-state index contributed by atoms with van der Waals surface area (Å²) < 4.78 is 16.0. The highest BCUT2D eigenvalue weighted by Gasteiger charge is 2.17. The number of carbonyl (C=O) groups is 1. The summed E-state index contributed by atoms with van der Waals surface area (Å²) in [7, 11) is 0. The molecule has 19 heavy (non-hydrogen) atoms. The quantitative estimate of drug-likeness (QED) is 0.597. The first-order chi connectivity index (χ1) is 8.95. The number of halogens is 3. The van der Waals surface area contributed by atoms with Gasteiger partial charge in [0.15, 0.2) is 5.78 Å². The lowest BCUT2D eigenvalue weighted by Crippen LogP contribution is -2.05. The van der Waals surface area contributed by atoms with Gasteiger partial charge in [-0.1, -0.05) is 0 Å². The van der Waals surface area contributed by atoms with Crippen LogP contribution >= 0.6 is 27.5 Å². The van der Waals surface area contributed by atoms with Crippen LogP contribution in [0, 0.1) is 19.7 Å². The summed E-state index contributed by atoms with van der Waals surface area (Å²) in [5.41, 5.74) is 2.86. The molecule has 2 aromatic rings. The van der Waals surface area contributed by atoms with Gasteiger partial charge in [0.1, 0.15) is 5.82 Å². The molecular weight excluding hydrogens is 333 g/mol. The van der Waals surface area contributed by atoms with Crippen molar-refractivity contribution in [2.45, 2.75) is 13.8 Å². The molecular formula is C14H12BrClFNO. The van der Waals surface area contributed by atoms with Crippen molar-refractivity contribution in [1.29, 1.82) is 0 Å². The minimum atomic E-state index is -0.323. The van der Waals surface area contributed by atoms with E-state index in [1.54, 1.807) is 12.1 Å². The Kier molecular flexibility index (Phi) is 4.11. The van der Waals surface area contributed by atoms with Crippen molar-refractivity contribution >= 4 is 33.3 Å². The van der Waals surface area contributed by atoms with Gasteiger partial charge in [0, 0.05) is 21.4 Å². The number of Topliss-reactive ketones (excluding diaryl/α,β-unsaturated/α-hetero) is 1. The molecule has 0 bridgehead atoms. The second-order valence-electron chi connectivity index (χ2n) is 4.27. The zero-order valence-electron chi connectivity index (χ0n) is 10.5. The molecule has 0 N–H and O–H groups in total. The normalized spacial score (nSPS) is 10.8. The van der Waals surface area contributed by atoms with Crippen LogP contribution in [0.1, 0.15) is 21.7 Å². The van der Waals surface area contributed by atoms with Crippen LogP contribution in [0.4, 0.5) is 4.39 Å². The average molecular weight is 345 g/mol. The van der Waals surface area contributed by atoms with Crippen LogP contribution in [0.25, 0.3) is 5.69 Å². The molecule has 2 nitrogen and oxygen atoms in total. The van der Waals surface area contributed by atoms with Crippen LogP contribution in [0.3, 0.4) is 0 Å². The molecule has 0 aliphatic rings.